The van der Waals surface area contributed by atoms with Gasteiger partial charge in [0, 0.05) is 19.1 Å². The van der Waals surface area contributed by atoms with Crippen LogP contribution in [0.3, 0.4) is 0 Å². The van der Waals surface area contributed by atoms with E-state index in [0.717, 1.165) is 12.5 Å². The number of benzene rings is 1. The fourth-order valence-electron chi connectivity index (χ4n) is 4.28. The molecular weight excluding hydrogens is 484 g/mol. The van der Waals surface area contributed by atoms with Crippen molar-refractivity contribution in [2.24, 2.45) is 5.41 Å². The van der Waals surface area contributed by atoms with E-state index >= 15 is 4.39 Å². The van der Waals surface area contributed by atoms with Gasteiger partial charge < -0.3 is 19.4 Å². The van der Waals surface area contributed by atoms with Gasteiger partial charge in [0.25, 0.3) is 5.91 Å². The van der Waals surface area contributed by atoms with Crippen molar-refractivity contribution in [2.45, 2.75) is 111 Å². The van der Waals surface area contributed by atoms with E-state index < -0.39 is 37.8 Å². The molecule has 1 aliphatic heterocycles. The highest BCUT2D eigenvalue weighted by atomic mass is 35.5. The molecule has 0 saturated carbocycles. The molecule has 0 spiro atoms. The van der Waals surface area contributed by atoms with Crippen LogP contribution in [0.2, 0.25) is 30.7 Å². The van der Waals surface area contributed by atoms with Gasteiger partial charge >= 0.3 is 7.12 Å². The molecule has 1 aromatic carbocycles. The first-order valence-electron chi connectivity index (χ1n) is 12.4. The predicted molar refractivity (Wildman–Crippen MR) is 146 cm³/mol. The van der Waals surface area contributed by atoms with Crippen molar-refractivity contribution in [3.8, 4) is 5.75 Å². The zero-order valence-electron chi connectivity index (χ0n) is 23.7. The SMILES string of the molecule is CC(C)(C)CC(C)(C)NC(=O)c1cc(B2OC(C)(C)C(C)(C)O2)c(F)c(Cl)c1OCC[Si](C)(C)C. The van der Waals surface area contributed by atoms with E-state index in [2.05, 4.69) is 45.7 Å². The van der Waals surface area contributed by atoms with Crippen molar-refractivity contribution in [3.63, 3.8) is 0 Å². The number of nitrogens with one attached hydrogen (secondary N) is 1. The number of amides is 1. The van der Waals surface area contributed by atoms with E-state index in [1.165, 1.54) is 6.07 Å². The lowest BCUT2D eigenvalue weighted by molar-refractivity contribution is 0.00578. The Labute approximate surface area is 218 Å². The molecule has 1 saturated heterocycles. The number of hydrogen-bond acceptors (Lipinski definition) is 4. The van der Waals surface area contributed by atoms with Gasteiger partial charge in [-0.05, 0) is 65.5 Å². The number of halogens is 2. The maximum atomic E-state index is 15.6. The molecule has 198 valence electrons. The molecule has 0 aliphatic carbocycles. The zero-order chi connectivity index (χ0) is 27.2. The summed E-state index contributed by atoms with van der Waals surface area (Å²) in [4.78, 5) is 13.6. The first-order valence-corrected chi connectivity index (χ1v) is 16.5. The third-order valence-corrected chi connectivity index (χ3v) is 8.51. The van der Waals surface area contributed by atoms with Gasteiger partial charge in [0.05, 0.1) is 23.4 Å². The second kappa shape index (κ2) is 9.99. The van der Waals surface area contributed by atoms with Gasteiger partial charge in [-0.3, -0.25) is 4.79 Å². The van der Waals surface area contributed by atoms with Crippen LogP contribution in [0.25, 0.3) is 0 Å². The molecular formula is C26H44BClFNO4Si. The van der Waals surface area contributed by atoms with Crippen LogP contribution >= 0.6 is 11.6 Å². The van der Waals surface area contributed by atoms with Crippen molar-refractivity contribution >= 4 is 38.2 Å². The molecule has 1 heterocycles. The summed E-state index contributed by atoms with van der Waals surface area (Å²) in [7, 11) is -2.42. The molecule has 0 unspecified atom stereocenters. The summed E-state index contributed by atoms with van der Waals surface area (Å²) in [6, 6.07) is 2.32. The van der Waals surface area contributed by atoms with Crippen LogP contribution in [0.5, 0.6) is 5.75 Å². The lowest BCUT2D eigenvalue weighted by Gasteiger charge is -2.33. The van der Waals surface area contributed by atoms with E-state index in [0.29, 0.717) is 6.61 Å². The average Bonchev–Trinajstić information content (AvgIpc) is 2.82. The van der Waals surface area contributed by atoms with E-state index in [1.54, 1.807) is 0 Å². The van der Waals surface area contributed by atoms with Gasteiger partial charge in [-0.25, -0.2) is 4.39 Å². The minimum absolute atomic E-state index is 0.00173. The van der Waals surface area contributed by atoms with Crippen LogP contribution in [0, 0.1) is 11.2 Å². The Morgan fingerprint density at radius 3 is 2.09 bits per heavy atom. The number of hydrogen-bond donors (Lipinski definition) is 1. The smallest absolute Gasteiger partial charge is 0.491 e. The Morgan fingerprint density at radius 2 is 1.63 bits per heavy atom. The van der Waals surface area contributed by atoms with Gasteiger partial charge in [-0.1, -0.05) is 52.0 Å². The summed E-state index contributed by atoms with van der Waals surface area (Å²) in [5.74, 6) is -1.01. The summed E-state index contributed by atoms with van der Waals surface area (Å²) >= 11 is 6.52. The molecule has 1 aliphatic rings. The van der Waals surface area contributed by atoms with Crippen molar-refractivity contribution in [2.75, 3.05) is 6.61 Å². The number of rotatable bonds is 8. The molecule has 5 nitrogen and oxygen atoms in total. The Bertz CT molecular complexity index is 938. The van der Waals surface area contributed by atoms with Gasteiger partial charge in [-0.15, -0.1) is 0 Å². The van der Waals surface area contributed by atoms with Crippen molar-refractivity contribution in [1.82, 2.24) is 5.32 Å². The highest BCUT2D eigenvalue weighted by molar-refractivity contribution is 6.76. The minimum atomic E-state index is -1.42. The fourth-order valence-corrected chi connectivity index (χ4v) is 5.26. The Kier molecular flexibility index (Phi) is 8.61. The summed E-state index contributed by atoms with van der Waals surface area (Å²) in [5.41, 5.74) is -1.57. The predicted octanol–water partition coefficient (Wildman–Crippen LogP) is 6.44. The highest BCUT2D eigenvalue weighted by Gasteiger charge is 2.53. The van der Waals surface area contributed by atoms with Crippen molar-refractivity contribution in [1.29, 1.82) is 0 Å². The molecule has 1 N–H and O–H groups in total. The molecule has 2 rings (SSSR count). The van der Waals surface area contributed by atoms with Gasteiger partial charge in [0.15, 0.2) is 5.75 Å². The zero-order valence-corrected chi connectivity index (χ0v) is 25.4. The first-order chi connectivity index (χ1) is 15.6. The van der Waals surface area contributed by atoms with Crippen LogP contribution in [0.1, 0.15) is 79.1 Å². The molecule has 1 fully saturated rings. The molecule has 35 heavy (non-hydrogen) atoms. The number of carbonyl (C=O) groups is 1. The van der Waals surface area contributed by atoms with Crippen LogP contribution < -0.4 is 15.5 Å². The van der Waals surface area contributed by atoms with Crippen LogP contribution in [0.4, 0.5) is 4.39 Å². The molecule has 0 radical (unpaired) electrons. The van der Waals surface area contributed by atoms with Gasteiger partial charge in [-0.2, -0.15) is 0 Å². The largest absolute Gasteiger partial charge is 0.497 e. The summed E-state index contributed by atoms with van der Waals surface area (Å²) < 4.78 is 33.7. The molecule has 9 heteroatoms. The Hall–Kier alpha value is -1.09. The first kappa shape index (κ1) is 30.1. The summed E-state index contributed by atoms with van der Waals surface area (Å²) in [6.45, 7) is 24.9. The molecule has 0 atom stereocenters. The third-order valence-electron chi connectivity index (χ3n) is 6.46. The monoisotopic (exact) mass is 527 g/mol. The number of carbonyl (C=O) groups excluding carboxylic acids is 1. The fraction of sp³-hybridized carbons (Fsp3) is 0.731. The summed E-state index contributed by atoms with van der Waals surface area (Å²) in [6.07, 6.45) is 0.747. The van der Waals surface area contributed by atoms with E-state index in [1.807, 2.05) is 41.5 Å². The molecule has 1 amide bonds. The maximum absolute atomic E-state index is 15.6. The average molecular weight is 528 g/mol. The van der Waals surface area contributed by atoms with Crippen LogP contribution in [-0.2, 0) is 9.31 Å². The second-order valence-electron chi connectivity index (χ2n) is 13.8. The van der Waals surface area contributed by atoms with E-state index in [4.69, 9.17) is 25.6 Å². The topological polar surface area (TPSA) is 56.8 Å². The Balaban J connectivity index is 2.52. The van der Waals surface area contributed by atoms with Crippen molar-refractivity contribution in [3.05, 3.63) is 22.5 Å². The quantitative estimate of drug-likeness (QED) is 0.395. The lowest BCUT2D eigenvalue weighted by Crippen LogP contribution is -2.46. The third kappa shape index (κ3) is 7.70. The summed E-state index contributed by atoms with van der Waals surface area (Å²) in [5, 5.41) is 2.87. The Morgan fingerprint density at radius 1 is 1.11 bits per heavy atom. The van der Waals surface area contributed by atoms with Gasteiger partial charge in [0.1, 0.15) is 10.8 Å². The van der Waals surface area contributed by atoms with Gasteiger partial charge in [0.2, 0.25) is 0 Å². The maximum Gasteiger partial charge on any atom is 0.497 e. The van der Waals surface area contributed by atoms with Crippen molar-refractivity contribution < 1.29 is 23.2 Å². The second-order valence-corrected chi connectivity index (χ2v) is 19.8. The van der Waals surface area contributed by atoms with Crippen LogP contribution in [-0.4, -0.2) is 44.4 Å². The lowest BCUT2D eigenvalue weighted by atomic mass is 9.77. The molecule has 0 bridgehead atoms. The van der Waals surface area contributed by atoms with E-state index in [-0.39, 0.29) is 33.1 Å². The normalized spacial score (nSPS) is 18.1. The minimum Gasteiger partial charge on any atom is -0.491 e. The van der Waals surface area contributed by atoms with Crippen LogP contribution in [0.15, 0.2) is 6.07 Å². The molecule has 1 aromatic rings. The molecule has 0 aromatic heterocycles. The number of ether oxygens (including phenoxy) is 1. The standard InChI is InChI=1S/C26H44BClFNO4Si/c1-23(2,3)16-24(4,5)30-22(31)17-15-18(27-33-25(6,7)26(8,9)34-27)20(29)19(28)21(17)32-13-14-35(10,11)12/h15H,13-14,16H2,1-12H3,(H,30,31). The highest BCUT2D eigenvalue weighted by Crippen LogP contribution is 2.39. The van der Waals surface area contributed by atoms with E-state index in [9.17, 15) is 4.79 Å².